The van der Waals surface area contributed by atoms with Gasteiger partial charge in [-0.2, -0.15) is 15.5 Å². The van der Waals surface area contributed by atoms with E-state index in [0.29, 0.717) is 22.9 Å². The molecule has 0 aromatic carbocycles. The molecule has 1 aliphatic carbocycles. The van der Waals surface area contributed by atoms with Crippen molar-refractivity contribution in [3.05, 3.63) is 49.1 Å². The van der Waals surface area contributed by atoms with Crippen molar-refractivity contribution >= 4 is 18.2 Å². The van der Waals surface area contributed by atoms with Crippen molar-refractivity contribution in [2.24, 2.45) is 0 Å². The molecule has 0 radical (unpaired) electrons. The molecule has 1 aliphatic heterocycles. The molecule has 5 rings (SSSR count). The maximum atomic E-state index is 10.8. The Labute approximate surface area is 240 Å². The quantitative estimate of drug-likeness (QED) is 0.222. The van der Waals surface area contributed by atoms with Gasteiger partial charge in [0.15, 0.2) is 0 Å². The van der Waals surface area contributed by atoms with E-state index in [4.69, 9.17) is 9.53 Å². The summed E-state index contributed by atoms with van der Waals surface area (Å²) in [6, 6.07) is 4.32. The molecule has 1 amide bonds. The van der Waals surface area contributed by atoms with Crippen molar-refractivity contribution < 1.29 is 43.9 Å². The van der Waals surface area contributed by atoms with Gasteiger partial charge in [0.1, 0.15) is 22.9 Å². The van der Waals surface area contributed by atoms with E-state index in [1.165, 1.54) is 51.0 Å². The number of carbonyl (C=O) groups is 1. The first kappa shape index (κ1) is 30.3. The van der Waals surface area contributed by atoms with E-state index in [-0.39, 0.29) is 29.6 Å². The van der Waals surface area contributed by atoms with Crippen LogP contribution >= 0.6 is 0 Å². The molecule has 1 saturated heterocycles. The van der Waals surface area contributed by atoms with E-state index in [0.717, 1.165) is 49.5 Å². The number of aromatic nitrogens is 4. The minimum Gasteiger partial charge on any atom is -0.494 e. The Morgan fingerprint density at radius 1 is 1.08 bits per heavy atom. The van der Waals surface area contributed by atoms with Gasteiger partial charge in [0, 0.05) is 36.6 Å². The van der Waals surface area contributed by atoms with Crippen molar-refractivity contribution in [3.63, 3.8) is 0 Å². The number of amides is 1. The fraction of sp³-hybridized carbons (Fsp3) is 0.444. The van der Waals surface area contributed by atoms with Crippen molar-refractivity contribution in [2.45, 2.75) is 57.4 Å². The van der Waals surface area contributed by atoms with E-state index < -0.39 is 0 Å². The van der Waals surface area contributed by atoms with Crippen LogP contribution in [0, 0.1) is 11.3 Å². The molecule has 2 fully saturated rings. The summed E-state index contributed by atoms with van der Waals surface area (Å²) in [5.41, 5.74) is 3.01. The topological polar surface area (TPSA) is 106 Å². The molecule has 9 nitrogen and oxygen atoms in total. The first-order valence-corrected chi connectivity index (χ1v) is 12.3. The molecular weight excluding hydrogens is 479 g/mol. The third kappa shape index (κ3) is 8.29. The standard InChI is InChI=1S/C18H18N6O2.C6H12.C3H3O.Na/c1-26-17-6-13(10-24-18(17)14(7-19)8-21-24)15-9-20-23(11-15)16-2-4-22(12-25)5-3-16;1-2-4-6-5-3-1;1-2-3-4;/h6,8-12,16H,2-5H2,1H3;1-6H2;2H,1H2;/q;;-1;+1. The van der Waals surface area contributed by atoms with Crippen LogP contribution in [0.1, 0.15) is 63.0 Å². The molecule has 0 spiro atoms. The molecule has 3 aromatic heterocycles. The van der Waals surface area contributed by atoms with Crippen LogP contribution < -0.4 is 34.3 Å². The van der Waals surface area contributed by atoms with E-state index in [2.05, 4.69) is 22.8 Å². The van der Waals surface area contributed by atoms with Crippen molar-refractivity contribution in [1.82, 2.24) is 24.3 Å². The van der Waals surface area contributed by atoms with Crippen LogP contribution in [0.2, 0.25) is 0 Å². The van der Waals surface area contributed by atoms with Crippen molar-refractivity contribution in [3.8, 4) is 22.9 Å². The molecule has 0 unspecified atom stereocenters. The number of allylic oxidation sites excluding steroid dienone is 1. The predicted molar refractivity (Wildman–Crippen MR) is 137 cm³/mol. The molecular formula is C27H33N6NaO3. The number of methoxy groups -OCH3 is 1. The molecule has 10 heteroatoms. The van der Waals surface area contributed by atoms with Gasteiger partial charge in [-0.05, 0) is 25.2 Å². The van der Waals surface area contributed by atoms with Gasteiger partial charge in [-0.1, -0.05) is 38.5 Å². The number of fused-ring (bicyclic) bond motifs is 1. The monoisotopic (exact) mass is 512 g/mol. The second-order valence-corrected chi connectivity index (χ2v) is 8.79. The number of hydrogen-bond donors (Lipinski definition) is 0. The molecule has 37 heavy (non-hydrogen) atoms. The van der Waals surface area contributed by atoms with Gasteiger partial charge in [0.05, 0.1) is 25.5 Å². The second kappa shape index (κ2) is 16.0. The summed E-state index contributed by atoms with van der Waals surface area (Å²) in [6.45, 7) is 4.57. The Bertz CT molecular complexity index is 1170. The zero-order chi connectivity index (χ0) is 25.8. The number of rotatable bonds is 5. The SMILES string of the molecule is C1CCCCC1.C=C[C-]=O.COc1cc(-c2cnn(C3CCN(C=O)CC3)c2)cn2ncc(C#N)c12.[Na+]. The van der Waals surface area contributed by atoms with Gasteiger partial charge in [-0.25, -0.2) is 17.2 Å². The normalized spacial score (nSPS) is 15.1. The maximum absolute atomic E-state index is 10.8. The molecule has 1 saturated carbocycles. The van der Waals surface area contributed by atoms with Gasteiger partial charge < -0.3 is 14.4 Å². The Morgan fingerprint density at radius 3 is 2.22 bits per heavy atom. The van der Waals surface area contributed by atoms with Crippen LogP contribution in [0.4, 0.5) is 0 Å². The molecule has 0 atom stereocenters. The number of carbonyl (C=O) groups excluding carboxylic acids is 2. The van der Waals surface area contributed by atoms with Crippen LogP contribution in [0.3, 0.4) is 0 Å². The fourth-order valence-corrected chi connectivity index (χ4v) is 4.48. The number of nitrogens with zero attached hydrogens (tertiary/aromatic N) is 6. The Balaban J connectivity index is 0.000000370. The molecule has 190 valence electrons. The number of pyridine rings is 1. The van der Waals surface area contributed by atoms with E-state index in [9.17, 15) is 10.1 Å². The summed E-state index contributed by atoms with van der Waals surface area (Å²) in [5.74, 6) is 0.601. The fourth-order valence-electron chi connectivity index (χ4n) is 4.48. The third-order valence-corrected chi connectivity index (χ3v) is 6.46. The van der Waals surface area contributed by atoms with Gasteiger partial charge >= 0.3 is 29.6 Å². The van der Waals surface area contributed by atoms with Gasteiger partial charge in [0.2, 0.25) is 6.41 Å². The molecule has 2 aliphatic rings. The minimum absolute atomic E-state index is 0. The van der Waals surface area contributed by atoms with Crippen LogP contribution in [0.25, 0.3) is 16.6 Å². The van der Waals surface area contributed by atoms with Gasteiger partial charge in [-0.15, -0.1) is 0 Å². The predicted octanol–water partition coefficient (Wildman–Crippen LogP) is 1.50. The van der Waals surface area contributed by atoms with Crippen molar-refractivity contribution in [2.75, 3.05) is 20.2 Å². The zero-order valence-electron chi connectivity index (χ0n) is 21.8. The van der Waals surface area contributed by atoms with E-state index in [1.54, 1.807) is 16.5 Å². The Hall–Kier alpha value is -2.93. The largest absolute Gasteiger partial charge is 1.00 e. The molecule has 0 bridgehead atoms. The van der Waals surface area contributed by atoms with Gasteiger partial charge in [0.25, 0.3) is 0 Å². The van der Waals surface area contributed by atoms with Crippen LogP contribution in [0.5, 0.6) is 5.75 Å². The summed E-state index contributed by atoms with van der Waals surface area (Å²) >= 11 is 0. The Morgan fingerprint density at radius 2 is 1.70 bits per heavy atom. The molecule has 0 N–H and O–H groups in total. The number of hydrogen-bond acceptors (Lipinski definition) is 6. The summed E-state index contributed by atoms with van der Waals surface area (Å²) in [5, 5.41) is 18.0. The summed E-state index contributed by atoms with van der Waals surface area (Å²) < 4.78 is 9.09. The number of nitriles is 1. The van der Waals surface area contributed by atoms with Crippen molar-refractivity contribution in [1.29, 1.82) is 5.26 Å². The minimum atomic E-state index is 0. The third-order valence-electron chi connectivity index (χ3n) is 6.46. The van der Waals surface area contributed by atoms with Crippen LogP contribution in [-0.2, 0) is 9.59 Å². The Kier molecular flexibility index (Phi) is 13.1. The number of piperidine rings is 1. The molecule has 3 aromatic rings. The van der Waals surface area contributed by atoms with Crippen LogP contribution in [-0.4, -0.2) is 57.2 Å². The second-order valence-electron chi connectivity index (χ2n) is 8.79. The molecule has 4 heterocycles. The maximum Gasteiger partial charge on any atom is 1.00 e. The van der Waals surface area contributed by atoms with Gasteiger partial charge in [-0.3, -0.25) is 9.48 Å². The first-order valence-electron chi connectivity index (χ1n) is 12.3. The summed E-state index contributed by atoms with van der Waals surface area (Å²) in [4.78, 5) is 21.6. The summed E-state index contributed by atoms with van der Waals surface area (Å²) in [6.07, 6.45) is 21.4. The zero-order valence-corrected chi connectivity index (χ0v) is 23.8. The first-order chi connectivity index (χ1) is 17.6. The van der Waals surface area contributed by atoms with E-state index in [1.807, 2.05) is 29.3 Å². The smallest absolute Gasteiger partial charge is 0.494 e. The summed E-state index contributed by atoms with van der Waals surface area (Å²) in [7, 11) is 1.58. The van der Waals surface area contributed by atoms with Crippen LogP contribution in [0.15, 0.2) is 43.5 Å². The number of likely N-dealkylation sites (tertiary alicyclic amines) is 1. The average molecular weight is 513 g/mol. The van der Waals surface area contributed by atoms with E-state index >= 15 is 0 Å². The number of ether oxygens (including phenoxy) is 1. The average Bonchev–Trinajstić information content (AvgIpc) is 3.62.